The molecule has 1 aliphatic heterocycles. The van der Waals surface area contributed by atoms with Crippen LogP contribution in [0.25, 0.3) is 0 Å². The number of rotatable bonds is 6. The number of nitrogens with one attached hydrogen (secondary N) is 1. The monoisotopic (exact) mass is 370 g/mol. The molecule has 138 valence electrons. The summed E-state index contributed by atoms with van der Waals surface area (Å²) in [6, 6.07) is 12.2. The molecule has 1 N–H and O–H groups in total. The standard InChI is InChI=1S/C21H26N2O2S/c1-14(2)20(15(3)24)22-19(25)13-23-11-9-18-17(10-12-26-18)21(23)16-7-5-4-6-8-16/h4-8,10,12,14,20-21H,9,11,13H2,1-3H3,(H,22,25)/t20-,21-/m0/s1. The Kier molecular flexibility index (Phi) is 5.89. The molecule has 1 aliphatic rings. The fourth-order valence-corrected chi connectivity index (χ4v) is 4.61. The molecule has 26 heavy (non-hydrogen) atoms. The van der Waals surface area contributed by atoms with Gasteiger partial charge >= 0.3 is 0 Å². The Bertz CT molecular complexity index is 769. The highest BCUT2D eigenvalue weighted by Gasteiger charge is 2.31. The van der Waals surface area contributed by atoms with Gasteiger partial charge in [0.25, 0.3) is 0 Å². The quantitative estimate of drug-likeness (QED) is 0.848. The molecule has 0 spiro atoms. The van der Waals surface area contributed by atoms with Gasteiger partial charge in [-0.25, -0.2) is 0 Å². The van der Waals surface area contributed by atoms with E-state index in [2.05, 4.69) is 33.8 Å². The Hall–Kier alpha value is -1.98. The Morgan fingerprint density at radius 2 is 1.96 bits per heavy atom. The molecule has 0 radical (unpaired) electrons. The zero-order valence-corrected chi connectivity index (χ0v) is 16.4. The second-order valence-corrected chi connectivity index (χ2v) is 8.23. The van der Waals surface area contributed by atoms with Gasteiger partial charge in [0.15, 0.2) is 5.78 Å². The topological polar surface area (TPSA) is 49.4 Å². The molecule has 0 saturated heterocycles. The summed E-state index contributed by atoms with van der Waals surface area (Å²) >= 11 is 1.79. The van der Waals surface area contributed by atoms with Crippen LogP contribution < -0.4 is 5.32 Å². The van der Waals surface area contributed by atoms with Gasteiger partial charge in [0.05, 0.1) is 18.6 Å². The van der Waals surface area contributed by atoms with Crippen LogP contribution in [-0.4, -0.2) is 35.7 Å². The van der Waals surface area contributed by atoms with Crippen molar-refractivity contribution in [2.45, 2.75) is 39.3 Å². The first-order chi connectivity index (χ1) is 12.5. The van der Waals surface area contributed by atoms with E-state index >= 15 is 0 Å². The first-order valence-electron chi connectivity index (χ1n) is 9.12. The van der Waals surface area contributed by atoms with E-state index in [1.807, 2.05) is 32.0 Å². The Labute approximate surface area is 159 Å². The number of ketones is 1. The minimum absolute atomic E-state index is 0.00623. The van der Waals surface area contributed by atoms with E-state index in [0.29, 0.717) is 6.54 Å². The highest BCUT2D eigenvalue weighted by Crippen LogP contribution is 2.37. The first kappa shape index (κ1) is 18.8. The number of fused-ring (bicyclic) bond motifs is 1. The number of hydrogen-bond donors (Lipinski definition) is 1. The zero-order valence-electron chi connectivity index (χ0n) is 15.6. The minimum atomic E-state index is -0.417. The van der Waals surface area contributed by atoms with Gasteiger partial charge in [-0.1, -0.05) is 44.2 Å². The van der Waals surface area contributed by atoms with Gasteiger partial charge in [-0.15, -0.1) is 11.3 Å². The smallest absolute Gasteiger partial charge is 0.234 e. The van der Waals surface area contributed by atoms with Crippen LogP contribution in [0.5, 0.6) is 0 Å². The van der Waals surface area contributed by atoms with E-state index in [1.165, 1.54) is 22.9 Å². The summed E-state index contributed by atoms with van der Waals surface area (Å²) in [7, 11) is 0. The lowest BCUT2D eigenvalue weighted by molar-refractivity contribution is -0.128. The third kappa shape index (κ3) is 4.05. The van der Waals surface area contributed by atoms with Crippen LogP contribution in [0, 0.1) is 5.92 Å². The lowest BCUT2D eigenvalue weighted by Gasteiger charge is -2.36. The van der Waals surface area contributed by atoms with E-state index < -0.39 is 6.04 Å². The average Bonchev–Trinajstić information content (AvgIpc) is 3.08. The van der Waals surface area contributed by atoms with Gasteiger partial charge in [0.1, 0.15) is 0 Å². The van der Waals surface area contributed by atoms with Crippen molar-refractivity contribution in [3.8, 4) is 0 Å². The van der Waals surface area contributed by atoms with Crippen LogP contribution in [0.1, 0.15) is 42.8 Å². The van der Waals surface area contributed by atoms with Crippen LogP contribution >= 0.6 is 11.3 Å². The summed E-state index contributed by atoms with van der Waals surface area (Å²) in [5.41, 5.74) is 2.50. The highest BCUT2D eigenvalue weighted by atomic mass is 32.1. The summed E-state index contributed by atoms with van der Waals surface area (Å²) in [6.45, 7) is 6.59. The molecule has 2 atom stereocenters. The molecule has 3 rings (SSSR count). The maximum atomic E-state index is 12.7. The Balaban J connectivity index is 1.80. The molecular formula is C21H26N2O2S. The molecular weight excluding hydrogens is 344 g/mol. The Morgan fingerprint density at radius 1 is 1.23 bits per heavy atom. The summed E-state index contributed by atoms with van der Waals surface area (Å²) in [4.78, 5) is 28.1. The highest BCUT2D eigenvalue weighted by molar-refractivity contribution is 7.10. The van der Waals surface area contributed by atoms with Gasteiger partial charge in [0, 0.05) is 11.4 Å². The number of benzene rings is 1. The normalized spacial score (nSPS) is 18.4. The fourth-order valence-electron chi connectivity index (χ4n) is 3.71. The van der Waals surface area contributed by atoms with Crippen molar-refractivity contribution in [2.75, 3.05) is 13.1 Å². The minimum Gasteiger partial charge on any atom is -0.345 e. The number of carbonyl (C=O) groups is 2. The maximum Gasteiger partial charge on any atom is 0.234 e. The lowest BCUT2D eigenvalue weighted by atomic mass is 9.93. The maximum absolute atomic E-state index is 12.7. The molecule has 5 heteroatoms. The first-order valence-corrected chi connectivity index (χ1v) is 10.0. The second kappa shape index (κ2) is 8.14. The van der Waals surface area contributed by atoms with Crippen LogP contribution in [-0.2, 0) is 16.0 Å². The number of amides is 1. The van der Waals surface area contributed by atoms with Gasteiger partial charge in [0.2, 0.25) is 5.91 Å². The molecule has 0 bridgehead atoms. The number of carbonyl (C=O) groups excluding carboxylic acids is 2. The average molecular weight is 371 g/mol. The Morgan fingerprint density at radius 3 is 2.62 bits per heavy atom. The van der Waals surface area contributed by atoms with Crippen molar-refractivity contribution in [3.05, 3.63) is 57.8 Å². The molecule has 2 heterocycles. The number of Topliss-reactive ketones (excluding diaryl/α,β-unsaturated/α-hetero) is 1. The van der Waals surface area contributed by atoms with E-state index in [0.717, 1.165) is 13.0 Å². The van der Waals surface area contributed by atoms with Gasteiger partial charge in [-0.3, -0.25) is 14.5 Å². The van der Waals surface area contributed by atoms with Gasteiger partial charge in [-0.05, 0) is 41.8 Å². The second-order valence-electron chi connectivity index (χ2n) is 7.23. The lowest BCUT2D eigenvalue weighted by Crippen LogP contribution is -2.49. The van der Waals surface area contributed by atoms with Gasteiger partial charge in [-0.2, -0.15) is 0 Å². The van der Waals surface area contributed by atoms with E-state index in [1.54, 1.807) is 11.3 Å². The summed E-state index contributed by atoms with van der Waals surface area (Å²) in [6.07, 6.45) is 0.962. The third-order valence-corrected chi connectivity index (χ3v) is 5.95. The largest absolute Gasteiger partial charge is 0.345 e. The van der Waals surface area contributed by atoms with Crippen LogP contribution in [0.2, 0.25) is 0 Å². The van der Waals surface area contributed by atoms with E-state index in [-0.39, 0.29) is 23.7 Å². The van der Waals surface area contributed by atoms with E-state index in [4.69, 9.17) is 0 Å². The zero-order chi connectivity index (χ0) is 18.7. The number of nitrogens with zero attached hydrogens (tertiary/aromatic N) is 1. The summed E-state index contributed by atoms with van der Waals surface area (Å²) < 4.78 is 0. The molecule has 1 aromatic carbocycles. The van der Waals surface area contributed by atoms with E-state index in [9.17, 15) is 9.59 Å². The van der Waals surface area contributed by atoms with Crippen molar-refractivity contribution in [1.29, 1.82) is 0 Å². The predicted octanol–water partition coefficient (Wildman–Crippen LogP) is 3.43. The SMILES string of the molecule is CC(=O)[C@@H](NC(=O)CN1CCc2sccc2[C@@H]1c1ccccc1)C(C)C. The molecule has 0 fully saturated rings. The van der Waals surface area contributed by atoms with Crippen molar-refractivity contribution in [3.63, 3.8) is 0 Å². The third-order valence-electron chi connectivity index (χ3n) is 4.95. The fraction of sp³-hybridized carbons (Fsp3) is 0.429. The van der Waals surface area contributed by atoms with Crippen molar-refractivity contribution >= 4 is 23.0 Å². The summed E-state index contributed by atoms with van der Waals surface area (Å²) in [5, 5.41) is 5.06. The molecule has 2 aromatic rings. The molecule has 0 saturated carbocycles. The summed E-state index contributed by atoms with van der Waals surface area (Å²) in [5.74, 6) is 0.0106. The molecule has 1 amide bonds. The van der Waals surface area contributed by atoms with Crippen LogP contribution in [0.15, 0.2) is 41.8 Å². The number of thiophene rings is 1. The van der Waals surface area contributed by atoms with Gasteiger partial charge < -0.3 is 5.32 Å². The molecule has 0 unspecified atom stereocenters. The molecule has 0 aliphatic carbocycles. The van der Waals surface area contributed by atoms with Crippen LogP contribution in [0.4, 0.5) is 0 Å². The molecule has 1 aromatic heterocycles. The van der Waals surface area contributed by atoms with Crippen molar-refractivity contribution in [1.82, 2.24) is 10.2 Å². The number of hydrogen-bond acceptors (Lipinski definition) is 4. The molecule has 4 nitrogen and oxygen atoms in total. The van der Waals surface area contributed by atoms with Crippen molar-refractivity contribution < 1.29 is 9.59 Å². The van der Waals surface area contributed by atoms with Crippen molar-refractivity contribution in [2.24, 2.45) is 5.92 Å². The van der Waals surface area contributed by atoms with Crippen LogP contribution in [0.3, 0.4) is 0 Å². The predicted molar refractivity (Wildman–Crippen MR) is 105 cm³/mol.